The van der Waals surface area contributed by atoms with Gasteiger partial charge in [0.05, 0.1) is 17.5 Å². The maximum atomic E-state index is 14.1. The van der Waals surface area contributed by atoms with Crippen molar-refractivity contribution in [1.29, 1.82) is 0 Å². The van der Waals surface area contributed by atoms with Crippen LogP contribution in [0.15, 0.2) is 65.9 Å². The Labute approximate surface area is 179 Å². The molecule has 31 heavy (non-hydrogen) atoms. The lowest BCUT2D eigenvalue weighted by molar-refractivity contribution is -0.136. The minimum Gasteiger partial charge on any atom is -0.483 e. The van der Waals surface area contributed by atoms with Crippen molar-refractivity contribution >= 4 is 11.7 Å². The van der Waals surface area contributed by atoms with Crippen LogP contribution in [0.3, 0.4) is 0 Å². The fourth-order valence-electron chi connectivity index (χ4n) is 4.98. The van der Waals surface area contributed by atoms with E-state index in [1.54, 1.807) is 17.0 Å². The molecule has 1 amide bonds. The monoisotopic (exact) mass is 423 g/mol. The molecular weight excluding hydrogens is 400 g/mol. The third-order valence-electron chi connectivity index (χ3n) is 6.55. The van der Waals surface area contributed by atoms with Crippen LogP contribution >= 0.6 is 0 Å². The third-order valence-corrected chi connectivity index (χ3v) is 6.55. The van der Waals surface area contributed by atoms with E-state index in [9.17, 15) is 18.4 Å². The van der Waals surface area contributed by atoms with Crippen LogP contribution < -0.4 is 0 Å². The Morgan fingerprint density at radius 2 is 1.74 bits per heavy atom. The molecule has 6 heteroatoms. The molecule has 5 rings (SSSR count). The van der Waals surface area contributed by atoms with E-state index < -0.39 is 30.1 Å². The molecule has 0 saturated heterocycles. The highest BCUT2D eigenvalue weighted by Crippen LogP contribution is 2.47. The predicted octanol–water partition coefficient (Wildman–Crippen LogP) is 4.31. The van der Waals surface area contributed by atoms with E-state index in [-0.39, 0.29) is 23.9 Å². The molecule has 0 radical (unpaired) electrons. The Morgan fingerprint density at radius 1 is 1.00 bits per heavy atom. The smallest absolute Gasteiger partial charge is 0.290 e. The summed E-state index contributed by atoms with van der Waals surface area (Å²) in [4.78, 5) is 28.4. The zero-order valence-corrected chi connectivity index (χ0v) is 17.0. The Morgan fingerprint density at radius 3 is 2.48 bits per heavy atom. The number of nitrogens with zero attached hydrogens (tertiary/aromatic N) is 1. The van der Waals surface area contributed by atoms with Crippen LogP contribution in [0.25, 0.3) is 0 Å². The maximum Gasteiger partial charge on any atom is 0.290 e. The quantitative estimate of drug-likeness (QED) is 0.736. The first-order chi connectivity index (χ1) is 15.0. The van der Waals surface area contributed by atoms with E-state index in [0.29, 0.717) is 36.9 Å². The van der Waals surface area contributed by atoms with Crippen molar-refractivity contribution < 1.29 is 23.1 Å². The molecule has 3 aliphatic rings. The SMILES string of the molecule is O=C1C2=C(OC3CCC(F)CC13)C(=O)N(CCc1ccccc1)C2c1ccc(F)cc1. The number of halogens is 2. The Hall–Kier alpha value is -3.02. The van der Waals surface area contributed by atoms with Crippen LogP contribution in [0.5, 0.6) is 0 Å². The summed E-state index contributed by atoms with van der Waals surface area (Å²) in [6.07, 6.45) is 0.00115. The number of hydrogen-bond donors (Lipinski definition) is 0. The largest absolute Gasteiger partial charge is 0.483 e. The van der Waals surface area contributed by atoms with Crippen molar-refractivity contribution in [2.75, 3.05) is 6.54 Å². The number of fused-ring (bicyclic) bond motifs is 1. The Bertz CT molecular complexity index is 1030. The number of benzene rings is 2. The lowest BCUT2D eigenvalue weighted by atomic mass is 9.77. The number of amides is 1. The molecule has 4 unspecified atom stereocenters. The summed E-state index contributed by atoms with van der Waals surface area (Å²) in [6.45, 7) is 0.385. The summed E-state index contributed by atoms with van der Waals surface area (Å²) in [5, 5.41) is 0. The highest BCUT2D eigenvalue weighted by molar-refractivity contribution is 6.11. The average Bonchev–Trinajstić information content (AvgIpc) is 3.06. The molecule has 1 aliphatic carbocycles. The average molecular weight is 423 g/mol. The molecular formula is C25H23F2NO3. The van der Waals surface area contributed by atoms with Gasteiger partial charge in [-0.05, 0) is 48.9 Å². The zero-order chi connectivity index (χ0) is 21.5. The lowest BCUT2D eigenvalue weighted by Crippen LogP contribution is -2.42. The number of alkyl halides is 1. The highest BCUT2D eigenvalue weighted by Gasteiger charge is 2.52. The Balaban J connectivity index is 1.51. The second-order valence-electron chi connectivity index (χ2n) is 8.47. The molecule has 2 aromatic carbocycles. The first-order valence-electron chi connectivity index (χ1n) is 10.7. The maximum absolute atomic E-state index is 14.1. The second-order valence-corrected chi connectivity index (χ2v) is 8.47. The summed E-state index contributed by atoms with van der Waals surface area (Å²) in [7, 11) is 0. The molecule has 1 fully saturated rings. The van der Waals surface area contributed by atoms with Crippen LogP contribution in [0, 0.1) is 11.7 Å². The van der Waals surface area contributed by atoms with Crippen LogP contribution in [-0.2, 0) is 20.7 Å². The second kappa shape index (κ2) is 7.91. The van der Waals surface area contributed by atoms with Crippen LogP contribution in [0.4, 0.5) is 8.78 Å². The van der Waals surface area contributed by atoms with Crippen molar-refractivity contribution in [3.05, 3.63) is 82.9 Å². The molecule has 2 aliphatic heterocycles. The topological polar surface area (TPSA) is 46.6 Å². The predicted molar refractivity (Wildman–Crippen MR) is 110 cm³/mol. The van der Waals surface area contributed by atoms with E-state index >= 15 is 0 Å². The molecule has 4 atom stereocenters. The zero-order valence-electron chi connectivity index (χ0n) is 17.0. The normalized spacial score (nSPS) is 27.7. The lowest BCUT2D eigenvalue weighted by Gasteiger charge is -2.36. The van der Waals surface area contributed by atoms with Gasteiger partial charge in [0.1, 0.15) is 18.1 Å². The fraction of sp³-hybridized carbons (Fsp3) is 0.360. The molecule has 0 bridgehead atoms. The van der Waals surface area contributed by atoms with Gasteiger partial charge in [0, 0.05) is 6.54 Å². The summed E-state index contributed by atoms with van der Waals surface area (Å²) in [5.74, 6) is -1.41. The van der Waals surface area contributed by atoms with Gasteiger partial charge >= 0.3 is 0 Å². The van der Waals surface area contributed by atoms with E-state index in [1.807, 2.05) is 30.3 Å². The molecule has 2 heterocycles. The van der Waals surface area contributed by atoms with Gasteiger partial charge in [0.2, 0.25) is 0 Å². The molecule has 160 valence electrons. The highest BCUT2D eigenvalue weighted by atomic mass is 19.1. The molecule has 1 saturated carbocycles. The Kier molecular flexibility index (Phi) is 5.08. The number of ketones is 1. The third kappa shape index (κ3) is 3.54. The van der Waals surface area contributed by atoms with Gasteiger partial charge in [0.15, 0.2) is 11.5 Å². The van der Waals surface area contributed by atoms with Crippen LogP contribution in [0.1, 0.15) is 36.4 Å². The fourth-order valence-corrected chi connectivity index (χ4v) is 4.98. The number of carbonyl (C=O) groups is 2. The van der Waals surface area contributed by atoms with Crippen molar-refractivity contribution in [1.82, 2.24) is 4.90 Å². The van der Waals surface area contributed by atoms with E-state index in [4.69, 9.17) is 4.74 Å². The van der Waals surface area contributed by atoms with E-state index in [0.717, 1.165) is 5.56 Å². The standard InChI is InChI=1S/C25H23F2NO3/c26-17-8-6-16(7-9-17)22-21-23(29)19-14-18(27)10-11-20(19)31-24(21)25(30)28(22)13-12-15-4-2-1-3-5-15/h1-9,18-20,22H,10-14H2. The minimum absolute atomic E-state index is 0.0888. The van der Waals surface area contributed by atoms with Gasteiger partial charge in [-0.3, -0.25) is 9.59 Å². The van der Waals surface area contributed by atoms with Crippen molar-refractivity contribution in [3.8, 4) is 0 Å². The number of Topliss-reactive ketones (excluding diaryl/α,β-unsaturated/α-hetero) is 1. The van der Waals surface area contributed by atoms with Crippen LogP contribution in [-0.4, -0.2) is 35.4 Å². The summed E-state index contributed by atoms with van der Waals surface area (Å²) in [6, 6.07) is 15.0. The molecule has 0 N–H and O–H groups in total. The summed E-state index contributed by atoms with van der Waals surface area (Å²) < 4.78 is 33.7. The van der Waals surface area contributed by atoms with Gasteiger partial charge in [0.25, 0.3) is 5.91 Å². The van der Waals surface area contributed by atoms with Gasteiger partial charge in [-0.25, -0.2) is 8.78 Å². The van der Waals surface area contributed by atoms with E-state index in [2.05, 4.69) is 0 Å². The van der Waals surface area contributed by atoms with Crippen molar-refractivity contribution in [3.63, 3.8) is 0 Å². The molecule has 0 aromatic heterocycles. The van der Waals surface area contributed by atoms with E-state index in [1.165, 1.54) is 12.1 Å². The first kappa shape index (κ1) is 19.9. The summed E-state index contributed by atoms with van der Waals surface area (Å²) >= 11 is 0. The van der Waals surface area contributed by atoms with Gasteiger partial charge in [-0.15, -0.1) is 0 Å². The molecule has 2 aromatic rings. The number of rotatable bonds is 4. The van der Waals surface area contributed by atoms with Gasteiger partial charge in [-0.1, -0.05) is 42.5 Å². The molecule has 4 nitrogen and oxygen atoms in total. The van der Waals surface area contributed by atoms with Gasteiger partial charge < -0.3 is 9.64 Å². The number of ether oxygens (including phenoxy) is 1. The first-order valence-corrected chi connectivity index (χ1v) is 10.7. The number of hydrogen-bond acceptors (Lipinski definition) is 3. The number of carbonyl (C=O) groups excluding carboxylic acids is 2. The van der Waals surface area contributed by atoms with Crippen molar-refractivity contribution in [2.45, 2.75) is 44.0 Å². The van der Waals surface area contributed by atoms with Crippen molar-refractivity contribution in [2.24, 2.45) is 5.92 Å². The van der Waals surface area contributed by atoms with Gasteiger partial charge in [-0.2, -0.15) is 0 Å². The summed E-state index contributed by atoms with van der Waals surface area (Å²) in [5.41, 5.74) is 2.01. The minimum atomic E-state index is -1.04. The molecule has 0 spiro atoms. The van der Waals surface area contributed by atoms with Crippen LogP contribution in [0.2, 0.25) is 0 Å².